The summed E-state index contributed by atoms with van der Waals surface area (Å²) in [5.41, 5.74) is 0.290. The van der Waals surface area contributed by atoms with Gasteiger partial charge < -0.3 is 19.7 Å². The molecule has 1 N–H and O–H groups in total. The highest BCUT2D eigenvalue weighted by Crippen LogP contribution is 2.39. The lowest BCUT2D eigenvalue weighted by Crippen LogP contribution is -2.20. The van der Waals surface area contributed by atoms with Gasteiger partial charge in [0, 0.05) is 43.5 Å². The molecule has 41 heavy (non-hydrogen) atoms. The van der Waals surface area contributed by atoms with Crippen molar-refractivity contribution >= 4 is 26.7 Å². The van der Waals surface area contributed by atoms with Gasteiger partial charge in [-0.2, -0.15) is 4.98 Å². The molecule has 9 nitrogen and oxygen atoms in total. The minimum atomic E-state index is -3.41. The number of pyridine rings is 1. The highest BCUT2D eigenvalue weighted by molar-refractivity contribution is 7.91. The molecule has 1 saturated heterocycles. The number of hydrogen-bond acceptors (Lipinski definition) is 9. The number of sulfone groups is 1. The molecular formula is C28H36F3N5O4S. The number of aromatic nitrogens is 3. The van der Waals surface area contributed by atoms with E-state index in [9.17, 15) is 17.2 Å². The number of alkyl halides is 2. The highest BCUT2D eigenvalue weighted by Gasteiger charge is 2.36. The van der Waals surface area contributed by atoms with Gasteiger partial charge in [-0.1, -0.05) is 18.2 Å². The molecule has 2 aromatic heterocycles. The van der Waals surface area contributed by atoms with Crippen LogP contribution in [0.3, 0.4) is 0 Å². The SMILES string of the molecule is COCCC(F)(F)c1cccc([C@@H](C)Nc2nc(CCN(C)C)nc3nc(OC)c(C4CCS(=O)(=O)C4)cc23)c1F. The predicted octanol–water partition coefficient (Wildman–Crippen LogP) is 4.48. The number of nitrogens with one attached hydrogen (secondary N) is 1. The number of anilines is 1. The zero-order valence-corrected chi connectivity index (χ0v) is 24.7. The summed E-state index contributed by atoms with van der Waals surface area (Å²) >= 11 is 0. The van der Waals surface area contributed by atoms with Crippen LogP contribution < -0.4 is 10.1 Å². The molecule has 1 aliphatic rings. The lowest BCUT2D eigenvalue weighted by atomic mass is 9.98. The zero-order chi connectivity index (χ0) is 29.9. The van der Waals surface area contributed by atoms with Crippen molar-refractivity contribution in [3.8, 4) is 5.88 Å². The number of methoxy groups -OCH3 is 2. The first kappa shape index (κ1) is 30.9. The lowest BCUT2D eigenvalue weighted by molar-refractivity contribution is -0.0356. The summed E-state index contributed by atoms with van der Waals surface area (Å²) in [5.74, 6) is -3.57. The molecule has 1 unspecified atom stereocenters. The second-order valence-electron chi connectivity index (χ2n) is 10.6. The van der Waals surface area contributed by atoms with Crippen LogP contribution in [0.5, 0.6) is 5.88 Å². The van der Waals surface area contributed by atoms with Crippen LogP contribution in [-0.2, 0) is 26.9 Å². The van der Waals surface area contributed by atoms with Crippen LogP contribution in [0, 0.1) is 5.82 Å². The van der Waals surface area contributed by atoms with Gasteiger partial charge in [0.2, 0.25) is 5.88 Å². The molecule has 1 aromatic carbocycles. The van der Waals surface area contributed by atoms with E-state index < -0.39 is 39.6 Å². The van der Waals surface area contributed by atoms with Gasteiger partial charge in [0.25, 0.3) is 5.92 Å². The van der Waals surface area contributed by atoms with Crippen molar-refractivity contribution in [2.75, 3.05) is 58.3 Å². The Morgan fingerprint density at radius 2 is 1.95 bits per heavy atom. The van der Waals surface area contributed by atoms with Gasteiger partial charge in [-0.05, 0) is 33.5 Å². The van der Waals surface area contributed by atoms with E-state index in [0.29, 0.717) is 47.6 Å². The summed E-state index contributed by atoms with van der Waals surface area (Å²) < 4.78 is 79.8. The first-order valence-corrected chi connectivity index (χ1v) is 15.2. The molecule has 0 aliphatic carbocycles. The standard InChI is InChI=1S/C28H36F3N5O4S/c1-17(19-7-6-8-22(24(19)29)28(30,31)11-13-39-4)32-25-21-15-20(18-10-14-41(37,38)16-18)27(40-5)35-26(21)34-23(33-25)9-12-36(2)3/h6-8,15,17-18H,9-14,16H2,1-5H3,(H,32,33,34,35)/t17-,18?/m1/s1. The second kappa shape index (κ2) is 12.5. The third kappa shape index (κ3) is 7.07. The van der Waals surface area contributed by atoms with Crippen LogP contribution in [0.1, 0.15) is 54.2 Å². The molecule has 0 amide bonds. The third-order valence-corrected chi connectivity index (χ3v) is 9.00. The Morgan fingerprint density at radius 1 is 1.20 bits per heavy atom. The number of benzene rings is 1. The van der Waals surface area contributed by atoms with Crippen LogP contribution in [0.2, 0.25) is 0 Å². The van der Waals surface area contributed by atoms with Crippen molar-refractivity contribution in [2.24, 2.45) is 0 Å². The first-order chi connectivity index (χ1) is 19.3. The van der Waals surface area contributed by atoms with Crippen molar-refractivity contribution in [1.82, 2.24) is 19.9 Å². The van der Waals surface area contributed by atoms with Crippen molar-refractivity contribution in [2.45, 2.75) is 44.1 Å². The quantitative estimate of drug-likeness (QED) is 0.324. The average Bonchev–Trinajstić information content (AvgIpc) is 3.29. The number of nitrogens with zero attached hydrogens (tertiary/aromatic N) is 4. The Hall–Kier alpha value is -3.03. The summed E-state index contributed by atoms with van der Waals surface area (Å²) in [4.78, 5) is 15.9. The van der Waals surface area contributed by atoms with E-state index in [1.54, 1.807) is 13.0 Å². The zero-order valence-electron chi connectivity index (χ0n) is 23.9. The first-order valence-electron chi connectivity index (χ1n) is 13.4. The maximum Gasteiger partial charge on any atom is 0.278 e. The van der Waals surface area contributed by atoms with Crippen molar-refractivity contribution < 1.29 is 31.1 Å². The topological polar surface area (TPSA) is 107 Å². The number of hydrogen-bond donors (Lipinski definition) is 1. The molecule has 13 heteroatoms. The molecule has 2 atom stereocenters. The van der Waals surface area contributed by atoms with Gasteiger partial charge in [0.15, 0.2) is 15.5 Å². The molecule has 0 radical (unpaired) electrons. The summed E-state index contributed by atoms with van der Waals surface area (Å²) in [6.45, 7) is 2.10. The summed E-state index contributed by atoms with van der Waals surface area (Å²) in [6.07, 6.45) is 0.279. The predicted molar refractivity (Wildman–Crippen MR) is 151 cm³/mol. The van der Waals surface area contributed by atoms with Gasteiger partial charge in [0.1, 0.15) is 17.5 Å². The number of halogens is 3. The highest BCUT2D eigenvalue weighted by atomic mass is 32.2. The van der Waals surface area contributed by atoms with E-state index in [0.717, 1.165) is 6.07 Å². The maximum absolute atomic E-state index is 15.5. The Balaban J connectivity index is 1.78. The molecule has 0 bridgehead atoms. The fourth-order valence-corrected chi connectivity index (χ4v) is 6.72. The molecule has 0 spiro atoms. The third-order valence-electron chi connectivity index (χ3n) is 7.24. The number of rotatable bonds is 12. The summed E-state index contributed by atoms with van der Waals surface area (Å²) in [6, 6.07) is 4.94. The summed E-state index contributed by atoms with van der Waals surface area (Å²) in [5, 5.41) is 3.68. The van der Waals surface area contributed by atoms with Crippen LogP contribution >= 0.6 is 0 Å². The van der Waals surface area contributed by atoms with Gasteiger partial charge in [-0.3, -0.25) is 0 Å². The van der Waals surface area contributed by atoms with Crippen LogP contribution in [0.15, 0.2) is 24.3 Å². The van der Waals surface area contributed by atoms with E-state index in [1.807, 2.05) is 19.0 Å². The summed E-state index contributed by atoms with van der Waals surface area (Å²) in [7, 11) is 3.44. The van der Waals surface area contributed by atoms with E-state index in [-0.39, 0.29) is 35.5 Å². The monoisotopic (exact) mass is 595 g/mol. The Kier molecular flexibility index (Phi) is 9.39. The normalized spacial score (nSPS) is 17.7. The molecule has 1 aliphatic heterocycles. The molecule has 4 rings (SSSR count). The van der Waals surface area contributed by atoms with Crippen molar-refractivity contribution in [3.05, 3.63) is 52.6 Å². The van der Waals surface area contributed by atoms with Gasteiger partial charge in [-0.15, -0.1) is 0 Å². The Morgan fingerprint density at radius 3 is 2.59 bits per heavy atom. The maximum atomic E-state index is 15.5. The van der Waals surface area contributed by atoms with E-state index in [2.05, 4.69) is 15.3 Å². The van der Waals surface area contributed by atoms with Gasteiger partial charge in [0.05, 0.1) is 42.2 Å². The molecule has 224 valence electrons. The van der Waals surface area contributed by atoms with Crippen molar-refractivity contribution in [3.63, 3.8) is 0 Å². The minimum Gasteiger partial charge on any atom is -0.481 e. The molecule has 3 aromatic rings. The molecule has 0 saturated carbocycles. The van der Waals surface area contributed by atoms with Crippen molar-refractivity contribution in [1.29, 1.82) is 0 Å². The van der Waals surface area contributed by atoms with Gasteiger partial charge >= 0.3 is 0 Å². The Bertz CT molecular complexity index is 1500. The Labute approximate surface area is 238 Å². The largest absolute Gasteiger partial charge is 0.481 e. The molecule has 1 fully saturated rings. The number of ether oxygens (including phenoxy) is 2. The molecule has 3 heterocycles. The smallest absolute Gasteiger partial charge is 0.278 e. The fraction of sp³-hybridized carbons (Fsp3) is 0.536. The average molecular weight is 596 g/mol. The van der Waals surface area contributed by atoms with Crippen LogP contribution in [0.25, 0.3) is 11.0 Å². The van der Waals surface area contributed by atoms with Gasteiger partial charge in [-0.25, -0.2) is 31.6 Å². The van der Waals surface area contributed by atoms with E-state index >= 15 is 4.39 Å². The van der Waals surface area contributed by atoms with Crippen LogP contribution in [-0.4, -0.2) is 81.2 Å². The minimum absolute atomic E-state index is 0.0211. The number of fused-ring (bicyclic) bond motifs is 1. The van der Waals surface area contributed by atoms with E-state index in [1.165, 1.54) is 26.4 Å². The molecular weight excluding hydrogens is 559 g/mol. The lowest BCUT2D eigenvalue weighted by Gasteiger charge is -2.22. The fourth-order valence-electron chi connectivity index (χ4n) is 4.95. The number of likely N-dealkylation sites (N-methyl/N-ethyl adjacent to an activating group) is 1. The van der Waals surface area contributed by atoms with E-state index in [4.69, 9.17) is 14.5 Å². The van der Waals surface area contributed by atoms with Crippen LogP contribution in [0.4, 0.5) is 19.0 Å². The second-order valence-corrected chi connectivity index (χ2v) is 12.9.